The number of allylic oxidation sites excluding steroid dienone is 6. The van der Waals surface area contributed by atoms with Crippen molar-refractivity contribution in [2.24, 2.45) is 5.92 Å². The minimum Gasteiger partial charge on any atom is -0.478 e. The summed E-state index contributed by atoms with van der Waals surface area (Å²) >= 11 is 0. The molecule has 3 atom stereocenters. The third-order valence-electron chi connectivity index (χ3n) is 6.11. The fourth-order valence-corrected chi connectivity index (χ4v) is 3.51. The van der Waals surface area contributed by atoms with Crippen LogP contribution in [-0.4, -0.2) is 58.4 Å². The third kappa shape index (κ3) is 22.7. The molecule has 0 aliphatic heterocycles. The van der Waals surface area contributed by atoms with Crippen LogP contribution in [0.2, 0.25) is 0 Å². The Labute approximate surface area is 234 Å². The number of hydrogen-bond donors (Lipinski definition) is 5. The molecule has 0 radical (unpaired) electrons. The van der Waals surface area contributed by atoms with E-state index >= 15 is 0 Å². The summed E-state index contributed by atoms with van der Waals surface area (Å²) in [6.07, 6.45) is 23.1. The fourth-order valence-electron chi connectivity index (χ4n) is 3.51. The smallest absolute Gasteiger partial charge is 0.328 e. The monoisotopic (exact) mass is 546 g/mol. The van der Waals surface area contributed by atoms with Crippen molar-refractivity contribution in [2.75, 3.05) is 13.1 Å². The largest absolute Gasteiger partial charge is 0.478 e. The lowest BCUT2D eigenvalue weighted by Crippen LogP contribution is -2.42. The Kier molecular flexibility index (Phi) is 22.3. The summed E-state index contributed by atoms with van der Waals surface area (Å²) in [4.78, 5) is 34.7. The number of rotatable bonds is 22. The highest BCUT2D eigenvalue weighted by molar-refractivity contribution is 5.80. The Morgan fingerprint density at radius 1 is 0.872 bits per heavy atom. The van der Waals surface area contributed by atoms with Crippen molar-refractivity contribution in [2.45, 2.75) is 97.2 Å². The summed E-state index contributed by atoms with van der Waals surface area (Å²) < 4.78 is 0. The van der Waals surface area contributed by atoms with Crippen molar-refractivity contribution >= 4 is 17.8 Å². The molecule has 39 heavy (non-hydrogen) atoms. The van der Waals surface area contributed by atoms with Crippen molar-refractivity contribution in [1.29, 1.82) is 0 Å². The molecule has 0 aromatic rings. The van der Waals surface area contributed by atoms with Gasteiger partial charge in [0.25, 0.3) is 0 Å². The Morgan fingerprint density at radius 2 is 1.54 bits per heavy atom. The van der Waals surface area contributed by atoms with Crippen LogP contribution in [-0.2, 0) is 14.4 Å². The Balaban J connectivity index is 4.14. The summed E-state index contributed by atoms with van der Waals surface area (Å²) in [6.45, 7) is 6.05. The number of amides is 2. The van der Waals surface area contributed by atoms with Crippen molar-refractivity contribution in [3.63, 3.8) is 0 Å². The average Bonchev–Trinajstić information content (AvgIpc) is 2.91. The van der Waals surface area contributed by atoms with Gasteiger partial charge in [-0.05, 0) is 19.8 Å². The molecule has 0 fully saturated rings. The maximum absolute atomic E-state index is 12.2. The first-order valence-electron chi connectivity index (χ1n) is 14.2. The van der Waals surface area contributed by atoms with Gasteiger partial charge in [-0.25, -0.2) is 4.79 Å². The van der Waals surface area contributed by atoms with Gasteiger partial charge in [-0.1, -0.05) is 113 Å². The van der Waals surface area contributed by atoms with E-state index in [9.17, 15) is 24.6 Å². The molecule has 0 aromatic heterocycles. The molecule has 0 aliphatic rings. The first kappa shape index (κ1) is 36.0. The van der Waals surface area contributed by atoms with Crippen LogP contribution in [0.3, 0.4) is 0 Å². The number of aliphatic carboxylic acids is 1. The van der Waals surface area contributed by atoms with E-state index in [2.05, 4.69) is 17.6 Å². The van der Waals surface area contributed by atoms with Gasteiger partial charge in [0.1, 0.15) is 0 Å². The number of hydrogen-bond acceptors (Lipinski definition) is 5. The SMILES string of the molecule is CCCCCCCCCC(O)/C=C/C(C)=C/CC(=O)NC[C@H](O)[C@H](C)C(=O)NCC/C=C/C=C/C=C/C(=O)O. The first-order valence-corrected chi connectivity index (χ1v) is 14.2. The van der Waals surface area contributed by atoms with Gasteiger partial charge in [-0.2, -0.15) is 0 Å². The third-order valence-corrected chi connectivity index (χ3v) is 6.11. The van der Waals surface area contributed by atoms with Crippen molar-refractivity contribution in [1.82, 2.24) is 10.6 Å². The highest BCUT2D eigenvalue weighted by Crippen LogP contribution is 2.11. The molecule has 220 valence electrons. The van der Waals surface area contributed by atoms with Crippen LogP contribution in [0, 0.1) is 5.92 Å². The first-order chi connectivity index (χ1) is 18.7. The van der Waals surface area contributed by atoms with Crippen LogP contribution in [0.1, 0.15) is 85.0 Å². The number of nitrogens with one attached hydrogen (secondary N) is 2. The maximum Gasteiger partial charge on any atom is 0.328 e. The number of carboxylic acids is 1. The van der Waals surface area contributed by atoms with Gasteiger partial charge in [-0.15, -0.1) is 0 Å². The number of unbranched alkanes of at least 4 members (excludes halogenated alkanes) is 6. The maximum atomic E-state index is 12.2. The van der Waals surface area contributed by atoms with Crippen molar-refractivity contribution in [3.8, 4) is 0 Å². The van der Waals surface area contributed by atoms with E-state index in [1.807, 2.05) is 19.1 Å². The molecule has 5 N–H and O–H groups in total. The molecule has 0 aromatic carbocycles. The second kappa shape index (κ2) is 24.1. The van der Waals surface area contributed by atoms with E-state index in [0.717, 1.165) is 30.9 Å². The normalized spacial score (nSPS) is 14.8. The van der Waals surface area contributed by atoms with Crippen LogP contribution in [0.4, 0.5) is 0 Å². The van der Waals surface area contributed by atoms with Crippen molar-refractivity contribution < 1.29 is 29.7 Å². The van der Waals surface area contributed by atoms with Crippen LogP contribution < -0.4 is 10.6 Å². The fraction of sp³-hybridized carbons (Fsp3) is 0.581. The minimum atomic E-state index is -1.01. The number of carboxylic acid groups (broad SMARTS) is 1. The standard InChI is InChI=1S/C31H50N2O6/c1-4-5-6-7-8-11-14-17-27(34)21-19-25(2)20-22-29(36)33-24-28(35)26(3)31(39)32-23-16-13-10-9-12-15-18-30(37)38/h9-10,12-13,15,18-21,26-28,34-35H,4-8,11,14,16-17,22-24H2,1-3H3,(H,32,39)(H,33,36)(H,37,38)/b12-9+,13-10+,18-15+,21-19+,25-20+/t26-,27?,28-/m0/s1. The lowest BCUT2D eigenvalue weighted by Gasteiger charge is -2.18. The van der Waals surface area contributed by atoms with E-state index in [4.69, 9.17) is 5.11 Å². The van der Waals surface area contributed by atoms with Gasteiger partial charge in [0.2, 0.25) is 11.8 Å². The number of aliphatic hydroxyl groups excluding tert-OH is 2. The molecule has 0 rings (SSSR count). The molecule has 0 saturated carbocycles. The molecule has 0 heterocycles. The Bertz CT molecular complexity index is 844. The second-order valence-corrected chi connectivity index (χ2v) is 9.74. The highest BCUT2D eigenvalue weighted by atomic mass is 16.4. The molecule has 8 nitrogen and oxygen atoms in total. The molecular weight excluding hydrogens is 496 g/mol. The highest BCUT2D eigenvalue weighted by Gasteiger charge is 2.21. The van der Waals surface area contributed by atoms with Crippen molar-refractivity contribution in [3.05, 3.63) is 60.3 Å². The second-order valence-electron chi connectivity index (χ2n) is 9.74. The predicted molar refractivity (Wildman–Crippen MR) is 157 cm³/mol. The lowest BCUT2D eigenvalue weighted by molar-refractivity contribution is -0.131. The zero-order chi connectivity index (χ0) is 29.3. The quantitative estimate of drug-likeness (QED) is 0.0755. The number of carbonyl (C=O) groups is 3. The molecule has 2 amide bonds. The van der Waals surface area contributed by atoms with Crippen LogP contribution in [0.15, 0.2) is 60.3 Å². The molecule has 0 saturated heterocycles. The van der Waals surface area contributed by atoms with Gasteiger partial charge in [0.15, 0.2) is 0 Å². The van der Waals surface area contributed by atoms with Gasteiger partial charge < -0.3 is 26.0 Å². The van der Waals surface area contributed by atoms with Gasteiger partial charge in [0, 0.05) is 25.6 Å². The van der Waals surface area contributed by atoms with E-state index in [0.29, 0.717) is 13.0 Å². The van der Waals surface area contributed by atoms with Crippen LogP contribution in [0.25, 0.3) is 0 Å². The molecule has 8 heteroatoms. The van der Waals surface area contributed by atoms with E-state index in [-0.39, 0.29) is 24.8 Å². The van der Waals surface area contributed by atoms with Crippen LogP contribution in [0.5, 0.6) is 0 Å². The Morgan fingerprint density at radius 3 is 2.23 bits per heavy atom. The van der Waals surface area contributed by atoms with E-state index in [1.54, 1.807) is 37.3 Å². The zero-order valence-electron chi connectivity index (χ0n) is 24.0. The Hall–Kier alpha value is -2.97. The summed E-state index contributed by atoms with van der Waals surface area (Å²) in [5.74, 6) is -2.26. The van der Waals surface area contributed by atoms with Gasteiger partial charge in [-0.3, -0.25) is 9.59 Å². The summed E-state index contributed by atoms with van der Waals surface area (Å²) in [7, 11) is 0. The lowest BCUT2D eigenvalue weighted by atomic mass is 10.0. The summed E-state index contributed by atoms with van der Waals surface area (Å²) in [6, 6.07) is 0. The topological polar surface area (TPSA) is 136 Å². The molecule has 0 aliphatic carbocycles. The minimum absolute atomic E-state index is 0.0259. The van der Waals surface area contributed by atoms with Gasteiger partial charge in [0.05, 0.1) is 18.1 Å². The van der Waals surface area contributed by atoms with E-state index in [1.165, 1.54) is 38.2 Å². The number of carbonyl (C=O) groups excluding carboxylic acids is 2. The zero-order valence-corrected chi connectivity index (χ0v) is 24.0. The summed E-state index contributed by atoms with van der Waals surface area (Å²) in [5, 5.41) is 34.2. The molecule has 1 unspecified atom stereocenters. The summed E-state index contributed by atoms with van der Waals surface area (Å²) in [5.41, 5.74) is 0.873. The average molecular weight is 547 g/mol. The molecule has 0 spiro atoms. The molecular formula is C31H50N2O6. The van der Waals surface area contributed by atoms with Gasteiger partial charge >= 0.3 is 5.97 Å². The van der Waals surface area contributed by atoms with E-state index < -0.39 is 24.1 Å². The molecule has 0 bridgehead atoms. The predicted octanol–water partition coefficient (Wildman–Crippen LogP) is 4.75. The van der Waals surface area contributed by atoms with Crippen LogP contribution >= 0.6 is 0 Å². The number of aliphatic hydroxyl groups is 2.